The van der Waals surface area contributed by atoms with Crippen molar-refractivity contribution in [3.8, 4) is 0 Å². The summed E-state index contributed by atoms with van der Waals surface area (Å²) in [5, 5.41) is 33.3. The van der Waals surface area contributed by atoms with E-state index in [1.54, 1.807) is 35.5 Å². The first-order chi connectivity index (χ1) is 36.1. The molecule has 22 heteroatoms. The van der Waals surface area contributed by atoms with Crippen LogP contribution in [0.15, 0.2) is 83.2 Å². The number of rotatable bonds is 27. The molecule has 4 aromatic rings. The van der Waals surface area contributed by atoms with E-state index < -0.39 is 65.1 Å². The standard InChI is InChI=1S/C54H72N8O11S3/c1-10-34(4)48(52(66)60(8)44(33(2)3)28-46(73-37(7)63)51-58-43(32-74-51)49(64)56-41(26-35(5)53(67)68)27-38-16-12-11-13-17-38)59-50(65)45-18-14-15-25-62(45,9)30-39-19-21-40(22-20-39)57-54(69)72-31-36(6)75-76-42-23-24-47(55-29-42)61(70)71/h11-13,16-17,19-24,29,32-36,41,44-46,48H,10,14-15,18,25-28,30-31H2,1-9H3,(H3-,56,57,59,64,65,67,68,69)/t34-,35-,36+,41+,44+,45+,46+,48-,62?/m0/s1. The zero-order valence-electron chi connectivity index (χ0n) is 44.7. The van der Waals surface area contributed by atoms with E-state index in [-0.39, 0.29) is 59.9 Å². The molecule has 2 aromatic carbocycles. The number of thiazole rings is 1. The molecule has 0 spiro atoms. The highest BCUT2D eigenvalue weighted by Crippen LogP contribution is 2.35. The van der Waals surface area contributed by atoms with Crippen LogP contribution in [0.25, 0.3) is 0 Å². The third kappa shape index (κ3) is 18.0. The Hall–Kier alpha value is -6.10. The maximum Gasteiger partial charge on any atom is 0.411 e. The van der Waals surface area contributed by atoms with Gasteiger partial charge < -0.3 is 49.5 Å². The zero-order chi connectivity index (χ0) is 55.7. The molecule has 412 valence electrons. The molecule has 0 aliphatic carbocycles. The van der Waals surface area contributed by atoms with Crippen molar-refractivity contribution in [2.24, 2.45) is 17.8 Å². The molecule has 1 aliphatic heterocycles. The Labute approximate surface area is 457 Å². The van der Waals surface area contributed by atoms with E-state index in [2.05, 4.69) is 33.0 Å². The van der Waals surface area contributed by atoms with Crippen LogP contribution in [0.3, 0.4) is 0 Å². The predicted molar refractivity (Wildman–Crippen MR) is 292 cm³/mol. The lowest BCUT2D eigenvalue weighted by Crippen LogP contribution is -2.63. The molecule has 19 nitrogen and oxygen atoms in total. The molecule has 0 radical (unpaired) electrons. The molecule has 4 amide bonds. The second-order valence-electron chi connectivity index (χ2n) is 20.2. The number of hydrogen-bond acceptors (Lipinski definition) is 16. The highest BCUT2D eigenvalue weighted by Gasteiger charge is 2.43. The lowest BCUT2D eigenvalue weighted by atomic mass is 9.92. The summed E-state index contributed by atoms with van der Waals surface area (Å²) in [6.07, 6.45) is 3.60. The van der Waals surface area contributed by atoms with Crippen LogP contribution in [0.2, 0.25) is 0 Å². The van der Waals surface area contributed by atoms with E-state index in [4.69, 9.17) is 9.47 Å². The number of carbonyl (C=O) groups is 6. The molecule has 5 rings (SSSR count). The van der Waals surface area contributed by atoms with Crippen molar-refractivity contribution >= 4 is 80.2 Å². The molecular weight excluding hydrogens is 1030 g/mol. The van der Waals surface area contributed by atoms with Crippen LogP contribution in [0.1, 0.15) is 120 Å². The number of ether oxygens (including phenoxy) is 2. The first-order valence-corrected chi connectivity index (χ1v) is 28.7. The van der Waals surface area contributed by atoms with Gasteiger partial charge >= 0.3 is 17.9 Å². The van der Waals surface area contributed by atoms with Crippen LogP contribution in [0, 0.1) is 27.9 Å². The molecule has 3 N–H and O–H groups in total. The molecule has 1 fully saturated rings. The average molecular weight is 1110 g/mol. The smallest absolute Gasteiger partial charge is 0.411 e. The van der Waals surface area contributed by atoms with Crippen LogP contribution in [0.5, 0.6) is 0 Å². The molecule has 2 aromatic heterocycles. The maximum absolute atomic E-state index is 14.8. The lowest BCUT2D eigenvalue weighted by molar-refractivity contribution is -0.942. The number of amides is 4. The number of nitro groups is 1. The number of carboxylic acids is 1. The van der Waals surface area contributed by atoms with Gasteiger partial charge in [-0.05, 0) is 84.0 Å². The van der Waals surface area contributed by atoms with Gasteiger partial charge in [0.05, 0.1) is 18.5 Å². The van der Waals surface area contributed by atoms with Gasteiger partial charge in [0.15, 0.2) is 18.3 Å². The second-order valence-corrected chi connectivity index (χ2v) is 23.8. The molecule has 76 heavy (non-hydrogen) atoms. The number of carboxylic acid groups (broad SMARTS) is 1. The van der Waals surface area contributed by atoms with E-state index in [9.17, 15) is 44.0 Å². The minimum absolute atomic E-state index is 0.0805. The third-order valence-electron chi connectivity index (χ3n) is 13.7. The Kier molecular flexibility index (Phi) is 23.1. The number of aliphatic carboxylic acids is 1. The van der Waals surface area contributed by atoms with Gasteiger partial charge in [0, 0.05) is 72.8 Å². The zero-order valence-corrected chi connectivity index (χ0v) is 47.2. The molecule has 1 aliphatic rings. The number of likely N-dealkylation sites (tertiary alicyclic amines) is 1. The van der Waals surface area contributed by atoms with Gasteiger partial charge in [-0.25, -0.2) is 9.78 Å². The monoisotopic (exact) mass is 1100 g/mol. The Morgan fingerprint density at radius 1 is 0.947 bits per heavy atom. The SMILES string of the molecule is CC[C@H](C)[C@H](NC(=O)[C@H]1CCCC[N+]1(C)Cc1ccc(NC(=O)OC[C@@H](C)SSc2ccc([N+](=O)[O-])nc2)cc1)C(=O)N(C)[C@H](C[C@@H](OC(C)=O)c1nc(C(=O)N[C@@H](Cc2ccccc2)C[C@H](C)C(=O)[O-])cs1)C(C)C. The van der Waals surface area contributed by atoms with Crippen molar-refractivity contribution in [2.75, 3.05) is 32.6 Å². The summed E-state index contributed by atoms with van der Waals surface area (Å²) in [5.74, 6) is -4.20. The molecule has 9 atom stereocenters. The molecule has 3 heterocycles. The van der Waals surface area contributed by atoms with Crippen LogP contribution >= 0.6 is 32.9 Å². The Morgan fingerprint density at radius 3 is 2.28 bits per heavy atom. The summed E-state index contributed by atoms with van der Waals surface area (Å²) in [6, 6.07) is 17.5. The Morgan fingerprint density at radius 2 is 1.66 bits per heavy atom. The number of quaternary nitrogens is 1. The van der Waals surface area contributed by atoms with Crippen molar-refractivity contribution in [3.05, 3.63) is 110 Å². The molecule has 0 bridgehead atoms. The topological polar surface area (TPSA) is 252 Å². The highest BCUT2D eigenvalue weighted by molar-refractivity contribution is 8.76. The van der Waals surface area contributed by atoms with Crippen molar-refractivity contribution in [1.82, 2.24) is 25.5 Å². The van der Waals surface area contributed by atoms with E-state index in [1.165, 1.54) is 47.7 Å². The third-order valence-corrected chi connectivity index (χ3v) is 17.5. The fourth-order valence-corrected chi connectivity index (χ4v) is 12.0. The van der Waals surface area contributed by atoms with Gasteiger partial charge in [-0.2, -0.15) is 0 Å². The number of carbonyl (C=O) groups excluding carboxylic acids is 6. The van der Waals surface area contributed by atoms with Crippen molar-refractivity contribution in [2.45, 2.75) is 140 Å². The number of likely N-dealkylation sites (N-methyl/N-ethyl adjacent to an activating group) is 2. The number of benzene rings is 2. The fraction of sp³-hybridized carbons (Fsp3) is 0.519. The Bertz CT molecular complexity index is 2590. The molecule has 1 saturated heterocycles. The van der Waals surface area contributed by atoms with Crippen molar-refractivity contribution in [1.29, 1.82) is 0 Å². The highest BCUT2D eigenvalue weighted by atomic mass is 33.1. The lowest BCUT2D eigenvalue weighted by Gasteiger charge is -2.44. The number of esters is 1. The number of nitrogens with zero attached hydrogens (tertiary/aromatic N) is 5. The summed E-state index contributed by atoms with van der Waals surface area (Å²) in [4.78, 5) is 101. The van der Waals surface area contributed by atoms with E-state index in [0.29, 0.717) is 41.0 Å². The quantitative estimate of drug-likeness (QED) is 0.0167. The Balaban J connectivity index is 1.21. The van der Waals surface area contributed by atoms with Gasteiger partial charge in [-0.3, -0.25) is 24.5 Å². The van der Waals surface area contributed by atoms with Gasteiger partial charge in [0.25, 0.3) is 11.8 Å². The van der Waals surface area contributed by atoms with Crippen LogP contribution < -0.4 is 21.1 Å². The van der Waals surface area contributed by atoms with Crippen LogP contribution in [-0.4, -0.2) is 117 Å². The van der Waals surface area contributed by atoms with E-state index in [1.807, 2.05) is 77.1 Å². The number of aromatic nitrogens is 2. The maximum atomic E-state index is 14.8. The fourth-order valence-electron chi connectivity index (χ4n) is 9.26. The normalized spacial score (nSPS) is 18.2. The van der Waals surface area contributed by atoms with Gasteiger partial charge in [-0.1, -0.05) is 105 Å². The van der Waals surface area contributed by atoms with Crippen molar-refractivity contribution in [3.63, 3.8) is 0 Å². The molecular formula is C54H72N8O11S3. The first-order valence-electron chi connectivity index (χ1n) is 25.6. The number of anilines is 1. The minimum atomic E-state index is -1.22. The van der Waals surface area contributed by atoms with Gasteiger partial charge in [0.1, 0.15) is 29.9 Å². The van der Waals surface area contributed by atoms with Gasteiger partial charge in [0.2, 0.25) is 5.91 Å². The number of hydrogen-bond donors (Lipinski definition) is 3. The van der Waals surface area contributed by atoms with Gasteiger partial charge in [-0.15, -0.1) is 11.3 Å². The summed E-state index contributed by atoms with van der Waals surface area (Å²) in [6.45, 7) is 14.0. The largest absolute Gasteiger partial charge is 0.550 e. The summed E-state index contributed by atoms with van der Waals surface area (Å²) < 4.78 is 11.7. The second kappa shape index (κ2) is 28.9. The summed E-state index contributed by atoms with van der Waals surface area (Å²) in [7, 11) is 6.59. The number of nitrogens with one attached hydrogen (secondary N) is 3. The van der Waals surface area contributed by atoms with Crippen LogP contribution in [0.4, 0.5) is 16.3 Å². The van der Waals surface area contributed by atoms with E-state index in [0.717, 1.165) is 46.7 Å². The van der Waals surface area contributed by atoms with Crippen molar-refractivity contribution < 1.29 is 52.8 Å². The van der Waals surface area contributed by atoms with Crippen LogP contribution in [-0.2, 0) is 41.6 Å². The number of piperidine rings is 1. The first kappa shape index (κ1) is 60.8. The summed E-state index contributed by atoms with van der Waals surface area (Å²) in [5.41, 5.74) is 2.50. The minimum Gasteiger partial charge on any atom is -0.550 e. The average Bonchev–Trinajstić information content (AvgIpc) is 3.89. The van der Waals surface area contributed by atoms with E-state index >= 15 is 0 Å². The number of pyridine rings is 1. The molecule has 1 unspecified atom stereocenters. The predicted octanol–water partition coefficient (Wildman–Crippen LogP) is 8.15. The molecule has 0 saturated carbocycles. The summed E-state index contributed by atoms with van der Waals surface area (Å²) >= 11 is 1.15.